The lowest BCUT2D eigenvalue weighted by Crippen LogP contribution is -2.31. The SMILES string of the molecule is CN1CCC(Cc2noc(CC3NC(=O)c4ccccc43)n2)CC1. The molecule has 0 radical (unpaired) electrons. The molecule has 0 bridgehead atoms. The molecule has 1 aromatic carbocycles. The van der Waals surface area contributed by atoms with Crippen molar-refractivity contribution < 1.29 is 9.32 Å². The van der Waals surface area contributed by atoms with Crippen molar-refractivity contribution in [2.75, 3.05) is 20.1 Å². The van der Waals surface area contributed by atoms with Crippen molar-refractivity contribution in [2.24, 2.45) is 5.92 Å². The zero-order valence-corrected chi connectivity index (χ0v) is 13.9. The number of carbonyl (C=O) groups excluding carboxylic acids is 1. The largest absolute Gasteiger partial charge is 0.345 e. The smallest absolute Gasteiger partial charge is 0.252 e. The highest BCUT2D eigenvalue weighted by atomic mass is 16.5. The van der Waals surface area contributed by atoms with Crippen LogP contribution in [-0.2, 0) is 12.8 Å². The van der Waals surface area contributed by atoms with Crippen molar-refractivity contribution >= 4 is 5.91 Å². The fourth-order valence-electron chi connectivity index (χ4n) is 3.64. The van der Waals surface area contributed by atoms with E-state index >= 15 is 0 Å². The van der Waals surface area contributed by atoms with Gasteiger partial charge in [-0.1, -0.05) is 23.4 Å². The maximum atomic E-state index is 12.0. The summed E-state index contributed by atoms with van der Waals surface area (Å²) in [6.07, 6.45) is 3.80. The molecular formula is C18H22N4O2. The molecule has 0 spiro atoms. The summed E-state index contributed by atoms with van der Waals surface area (Å²) in [5, 5.41) is 7.13. The van der Waals surface area contributed by atoms with E-state index in [2.05, 4.69) is 27.4 Å². The summed E-state index contributed by atoms with van der Waals surface area (Å²) < 4.78 is 5.42. The molecular weight excluding hydrogens is 304 g/mol. The zero-order chi connectivity index (χ0) is 16.5. The van der Waals surface area contributed by atoms with Crippen LogP contribution in [-0.4, -0.2) is 41.1 Å². The maximum absolute atomic E-state index is 12.0. The molecule has 0 saturated carbocycles. The van der Waals surface area contributed by atoms with Gasteiger partial charge in [0.05, 0.1) is 12.5 Å². The Morgan fingerprint density at radius 3 is 2.88 bits per heavy atom. The van der Waals surface area contributed by atoms with Crippen LogP contribution in [0.1, 0.15) is 46.5 Å². The lowest BCUT2D eigenvalue weighted by atomic mass is 9.93. The summed E-state index contributed by atoms with van der Waals surface area (Å²) in [6, 6.07) is 7.58. The fourth-order valence-corrected chi connectivity index (χ4v) is 3.64. The number of hydrogen-bond donors (Lipinski definition) is 1. The number of benzene rings is 1. The second kappa shape index (κ2) is 6.36. The second-order valence-corrected chi connectivity index (χ2v) is 6.87. The molecule has 1 atom stereocenters. The van der Waals surface area contributed by atoms with Gasteiger partial charge in [0.15, 0.2) is 5.82 Å². The summed E-state index contributed by atoms with van der Waals surface area (Å²) in [5.41, 5.74) is 1.76. The number of likely N-dealkylation sites (tertiary alicyclic amines) is 1. The maximum Gasteiger partial charge on any atom is 0.252 e. The third kappa shape index (κ3) is 3.06. The number of nitrogens with zero attached hydrogens (tertiary/aromatic N) is 3. The van der Waals surface area contributed by atoms with E-state index in [0.29, 0.717) is 18.2 Å². The van der Waals surface area contributed by atoms with Crippen molar-refractivity contribution in [1.29, 1.82) is 0 Å². The van der Waals surface area contributed by atoms with Gasteiger partial charge in [-0.25, -0.2) is 0 Å². The van der Waals surface area contributed by atoms with E-state index in [1.54, 1.807) is 0 Å². The van der Waals surface area contributed by atoms with E-state index in [9.17, 15) is 4.79 Å². The number of nitrogens with one attached hydrogen (secondary N) is 1. The number of hydrogen-bond acceptors (Lipinski definition) is 5. The van der Waals surface area contributed by atoms with Gasteiger partial charge in [-0.15, -0.1) is 0 Å². The van der Waals surface area contributed by atoms with Crippen LogP contribution in [0.4, 0.5) is 0 Å². The first kappa shape index (κ1) is 15.3. The summed E-state index contributed by atoms with van der Waals surface area (Å²) in [5.74, 6) is 2.00. The molecule has 1 aromatic heterocycles. The average molecular weight is 326 g/mol. The van der Waals surface area contributed by atoms with Crippen molar-refractivity contribution in [1.82, 2.24) is 20.4 Å². The van der Waals surface area contributed by atoms with E-state index in [-0.39, 0.29) is 11.9 Å². The van der Waals surface area contributed by atoms with Gasteiger partial charge in [-0.3, -0.25) is 4.79 Å². The molecule has 1 fully saturated rings. The number of amides is 1. The van der Waals surface area contributed by atoms with Crippen LogP contribution in [0.3, 0.4) is 0 Å². The summed E-state index contributed by atoms with van der Waals surface area (Å²) in [6.45, 7) is 2.28. The van der Waals surface area contributed by atoms with Gasteiger partial charge in [0, 0.05) is 12.0 Å². The van der Waals surface area contributed by atoms with Crippen LogP contribution in [0.15, 0.2) is 28.8 Å². The molecule has 1 N–H and O–H groups in total. The normalized spacial score (nSPS) is 21.7. The topological polar surface area (TPSA) is 71.3 Å². The Balaban J connectivity index is 1.40. The van der Waals surface area contributed by atoms with Gasteiger partial charge < -0.3 is 14.7 Å². The van der Waals surface area contributed by atoms with Crippen LogP contribution < -0.4 is 5.32 Å². The minimum Gasteiger partial charge on any atom is -0.345 e. The number of rotatable bonds is 4. The fraction of sp³-hybridized carbons (Fsp3) is 0.500. The van der Waals surface area contributed by atoms with Crippen LogP contribution in [0.2, 0.25) is 0 Å². The van der Waals surface area contributed by atoms with E-state index in [1.807, 2.05) is 24.3 Å². The van der Waals surface area contributed by atoms with E-state index in [1.165, 1.54) is 12.8 Å². The standard InChI is InChI=1S/C18H22N4O2/c1-22-8-6-12(7-9-22)10-16-20-17(24-21-16)11-15-13-4-2-3-5-14(13)18(23)19-15/h2-5,12,15H,6-11H2,1H3,(H,19,23). The lowest BCUT2D eigenvalue weighted by Gasteiger charge is -2.28. The Labute approximate surface area is 141 Å². The monoisotopic (exact) mass is 326 g/mol. The molecule has 1 unspecified atom stereocenters. The molecule has 6 heteroatoms. The highest BCUT2D eigenvalue weighted by molar-refractivity contribution is 5.99. The third-order valence-corrected chi connectivity index (χ3v) is 5.08. The Morgan fingerprint density at radius 2 is 2.04 bits per heavy atom. The van der Waals surface area contributed by atoms with Crippen molar-refractivity contribution in [3.8, 4) is 0 Å². The van der Waals surface area contributed by atoms with E-state index in [4.69, 9.17) is 4.52 Å². The molecule has 0 aliphatic carbocycles. The lowest BCUT2D eigenvalue weighted by molar-refractivity contribution is 0.0955. The minimum absolute atomic E-state index is 0.0262. The summed E-state index contributed by atoms with van der Waals surface area (Å²) >= 11 is 0. The molecule has 2 aliphatic heterocycles. The van der Waals surface area contributed by atoms with Crippen molar-refractivity contribution in [3.05, 3.63) is 47.1 Å². The molecule has 1 amide bonds. The second-order valence-electron chi connectivity index (χ2n) is 6.87. The van der Waals surface area contributed by atoms with Gasteiger partial charge >= 0.3 is 0 Å². The van der Waals surface area contributed by atoms with Crippen molar-refractivity contribution in [3.63, 3.8) is 0 Å². The average Bonchev–Trinajstić information content (AvgIpc) is 3.15. The molecule has 126 valence electrons. The summed E-state index contributed by atoms with van der Waals surface area (Å²) in [7, 11) is 2.16. The van der Waals surface area contributed by atoms with E-state index in [0.717, 1.165) is 36.5 Å². The highest BCUT2D eigenvalue weighted by Crippen LogP contribution is 2.27. The molecule has 4 rings (SSSR count). The molecule has 6 nitrogen and oxygen atoms in total. The van der Waals surface area contributed by atoms with Crippen LogP contribution in [0.5, 0.6) is 0 Å². The molecule has 2 aromatic rings. The van der Waals surface area contributed by atoms with Crippen LogP contribution in [0, 0.1) is 5.92 Å². The Kier molecular flexibility index (Phi) is 4.06. The first-order chi connectivity index (χ1) is 11.7. The zero-order valence-electron chi connectivity index (χ0n) is 13.9. The van der Waals surface area contributed by atoms with Gasteiger partial charge in [-0.2, -0.15) is 4.98 Å². The minimum atomic E-state index is -0.0784. The number of fused-ring (bicyclic) bond motifs is 1. The third-order valence-electron chi connectivity index (χ3n) is 5.08. The molecule has 24 heavy (non-hydrogen) atoms. The van der Waals surface area contributed by atoms with Gasteiger partial charge in [-0.05, 0) is 50.5 Å². The number of carbonyl (C=O) groups is 1. The number of piperidine rings is 1. The van der Waals surface area contributed by atoms with Gasteiger partial charge in [0.25, 0.3) is 5.91 Å². The predicted octanol–water partition coefficient (Wildman–Crippen LogP) is 1.98. The number of aromatic nitrogens is 2. The Morgan fingerprint density at radius 1 is 1.25 bits per heavy atom. The highest BCUT2D eigenvalue weighted by Gasteiger charge is 2.29. The Bertz CT molecular complexity index is 734. The van der Waals surface area contributed by atoms with E-state index < -0.39 is 0 Å². The van der Waals surface area contributed by atoms with Crippen LogP contribution >= 0.6 is 0 Å². The van der Waals surface area contributed by atoms with Crippen LogP contribution in [0.25, 0.3) is 0 Å². The molecule has 3 heterocycles. The van der Waals surface area contributed by atoms with Gasteiger partial charge in [0.1, 0.15) is 0 Å². The predicted molar refractivity (Wildman–Crippen MR) is 88.6 cm³/mol. The van der Waals surface area contributed by atoms with Gasteiger partial charge in [0.2, 0.25) is 5.89 Å². The molecule has 2 aliphatic rings. The first-order valence-electron chi connectivity index (χ1n) is 8.59. The summed E-state index contributed by atoms with van der Waals surface area (Å²) in [4.78, 5) is 18.9. The van der Waals surface area contributed by atoms with Crippen molar-refractivity contribution in [2.45, 2.75) is 31.7 Å². The Hall–Kier alpha value is -2.21. The first-order valence-corrected chi connectivity index (χ1v) is 8.59. The quantitative estimate of drug-likeness (QED) is 0.930. The molecule has 1 saturated heterocycles.